The summed E-state index contributed by atoms with van der Waals surface area (Å²) in [5.41, 5.74) is 0.480. The van der Waals surface area contributed by atoms with Gasteiger partial charge in [0.2, 0.25) is 0 Å². The molecule has 88 valence electrons. The first-order valence-corrected chi connectivity index (χ1v) is 5.11. The molecule has 0 spiro atoms. The lowest BCUT2D eigenvalue weighted by atomic mass is 10.1. The Balaban J connectivity index is 2.44. The van der Waals surface area contributed by atoms with Gasteiger partial charge < -0.3 is 9.67 Å². The molecule has 0 fully saturated rings. The van der Waals surface area contributed by atoms with Crippen LogP contribution < -0.4 is 0 Å². The molecule has 0 aliphatic rings. The van der Waals surface area contributed by atoms with Crippen molar-refractivity contribution in [3.8, 4) is 0 Å². The van der Waals surface area contributed by atoms with Crippen molar-refractivity contribution in [1.82, 2.24) is 9.55 Å². The highest BCUT2D eigenvalue weighted by atomic mass is 19.1. The summed E-state index contributed by atoms with van der Waals surface area (Å²) >= 11 is 0. The summed E-state index contributed by atoms with van der Waals surface area (Å²) in [7, 11) is 0. The Kier molecular flexibility index (Phi) is 2.91. The first-order chi connectivity index (χ1) is 8.11. The second kappa shape index (κ2) is 4.37. The van der Waals surface area contributed by atoms with Gasteiger partial charge >= 0.3 is 5.97 Å². The number of carbonyl (C=O) groups is 1. The summed E-state index contributed by atoms with van der Waals surface area (Å²) in [6.45, 7) is 1.73. The summed E-state index contributed by atoms with van der Waals surface area (Å²) in [4.78, 5) is 14.7. The number of nitrogens with zero attached hydrogens (tertiary/aromatic N) is 2. The number of rotatable bonds is 3. The normalized spacial score (nSPS) is 12.4. The monoisotopic (exact) mass is 234 g/mol. The maximum Gasteiger partial charge on any atom is 0.354 e. The van der Waals surface area contributed by atoms with Crippen LogP contribution >= 0.6 is 0 Å². The van der Waals surface area contributed by atoms with E-state index in [2.05, 4.69) is 4.98 Å². The van der Waals surface area contributed by atoms with Gasteiger partial charge in [0.1, 0.15) is 11.5 Å². The van der Waals surface area contributed by atoms with Crippen LogP contribution in [0.3, 0.4) is 0 Å². The molecule has 0 aliphatic heterocycles. The van der Waals surface area contributed by atoms with Gasteiger partial charge in [0.25, 0.3) is 0 Å². The molecule has 0 saturated carbocycles. The Bertz CT molecular complexity index is 551. The largest absolute Gasteiger partial charge is 0.477 e. The van der Waals surface area contributed by atoms with Crippen molar-refractivity contribution in [2.45, 2.75) is 13.0 Å². The first kappa shape index (κ1) is 11.3. The van der Waals surface area contributed by atoms with Gasteiger partial charge in [-0.1, -0.05) is 18.2 Å². The molecule has 2 aromatic rings. The van der Waals surface area contributed by atoms with Gasteiger partial charge in [-0.3, -0.25) is 0 Å². The number of hydrogen-bond acceptors (Lipinski definition) is 2. The van der Waals surface area contributed by atoms with Crippen molar-refractivity contribution in [3.63, 3.8) is 0 Å². The third kappa shape index (κ3) is 2.04. The average molecular weight is 234 g/mol. The van der Waals surface area contributed by atoms with Crippen molar-refractivity contribution < 1.29 is 14.3 Å². The predicted octanol–water partition coefficient (Wildman–Crippen LogP) is 2.33. The number of aromatic carboxylic acids is 1. The van der Waals surface area contributed by atoms with Gasteiger partial charge in [0.05, 0.1) is 18.6 Å². The average Bonchev–Trinajstić information content (AvgIpc) is 2.77. The van der Waals surface area contributed by atoms with Crippen LogP contribution in [0, 0.1) is 5.82 Å². The molecule has 17 heavy (non-hydrogen) atoms. The highest BCUT2D eigenvalue weighted by Gasteiger charge is 2.18. The molecule has 1 aromatic carbocycles. The van der Waals surface area contributed by atoms with E-state index in [1.54, 1.807) is 25.1 Å². The molecule has 1 atom stereocenters. The minimum absolute atomic E-state index is 0.0424. The Morgan fingerprint density at radius 1 is 1.47 bits per heavy atom. The minimum atomic E-state index is -1.08. The lowest BCUT2D eigenvalue weighted by Crippen LogP contribution is -2.14. The molecule has 2 rings (SSSR count). The first-order valence-electron chi connectivity index (χ1n) is 5.11. The fraction of sp³-hybridized carbons (Fsp3) is 0.167. The number of halogens is 1. The molecule has 0 bridgehead atoms. The van der Waals surface area contributed by atoms with E-state index in [1.807, 2.05) is 0 Å². The molecule has 0 aliphatic carbocycles. The Morgan fingerprint density at radius 3 is 2.82 bits per heavy atom. The molecule has 0 unspecified atom stereocenters. The van der Waals surface area contributed by atoms with Crippen LogP contribution in [-0.4, -0.2) is 20.6 Å². The van der Waals surface area contributed by atoms with E-state index >= 15 is 0 Å². The van der Waals surface area contributed by atoms with Crippen LogP contribution in [0.5, 0.6) is 0 Å². The lowest BCUT2D eigenvalue weighted by Gasteiger charge is -2.15. The second-order valence-corrected chi connectivity index (χ2v) is 3.69. The molecule has 0 radical (unpaired) electrons. The maximum atomic E-state index is 13.6. The number of imidazole rings is 1. The van der Waals surface area contributed by atoms with Crippen LogP contribution in [0.2, 0.25) is 0 Å². The van der Waals surface area contributed by atoms with Crippen LogP contribution in [-0.2, 0) is 0 Å². The summed E-state index contributed by atoms with van der Waals surface area (Å²) < 4.78 is 15.0. The number of carboxylic acids is 1. The van der Waals surface area contributed by atoms with E-state index in [-0.39, 0.29) is 11.5 Å². The number of hydrogen-bond donors (Lipinski definition) is 1. The molecule has 0 amide bonds. The van der Waals surface area contributed by atoms with E-state index in [0.29, 0.717) is 5.56 Å². The van der Waals surface area contributed by atoms with Crippen LogP contribution in [0.4, 0.5) is 4.39 Å². The number of carboxylic acid groups (broad SMARTS) is 1. The molecule has 4 nitrogen and oxygen atoms in total. The van der Waals surface area contributed by atoms with E-state index in [9.17, 15) is 9.18 Å². The van der Waals surface area contributed by atoms with E-state index in [0.717, 1.165) is 0 Å². The molecule has 5 heteroatoms. The smallest absolute Gasteiger partial charge is 0.354 e. The Labute approximate surface area is 97.3 Å². The highest BCUT2D eigenvalue weighted by Crippen LogP contribution is 2.22. The Morgan fingerprint density at radius 2 is 2.18 bits per heavy atom. The lowest BCUT2D eigenvalue weighted by molar-refractivity contribution is 0.0684. The van der Waals surface area contributed by atoms with Crippen molar-refractivity contribution in [1.29, 1.82) is 0 Å². The standard InChI is InChI=1S/C12H11FN2O2/c1-8(9-4-2-3-5-10(9)13)15-7-14-6-11(15)12(16)17/h2-8H,1H3,(H,16,17)/t8-/m1/s1. The SMILES string of the molecule is C[C@H](c1ccccc1F)n1cncc1C(=O)O. The summed E-state index contributed by atoms with van der Waals surface area (Å²) in [6.07, 6.45) is 2.64. The molecule has 1 heterocycles. The zero-order valence-electron chi connectivity index (χ0n) is 9.17. The van der Waals surface area contributed by atoms with Crippen molar-refractivity contribution in [3.05, 3.63) is 53.9 Å². The molecular formula is C12H11FN2O2. The minimum Gasteiger partial charge on any atom is -0.477 e. The molecule has 1 N–H and O–H groups in total. The number of benzene rings is 1. The van der Waals surface area contributed by atoms with E-state index in [1.165, 1.54) is 23.2 Å². The predicted molar refractivity (Wildman–Crippen MR) is 59.4 cm³/mol. The fourth-order valence-electron chi connectivity index (χ4n) is 1.74. The van der Waals surface area contributed by atoms with Crippen LogP contribution in [0.1, 0.15) is 29.0 Å². The zero-order valence-corrected chi connectivity index (χ0v) is 9.17. The highest BCUT2D eigenvalue weighted by molar-refractivity contribution is 5.85. The van der Waals surface area contributed by atoms with Gasteiger partial charge in [-0.15, -0.1) is 0 Å². The van der Waals surface area contributed by atoms with Gasteiger partial charge in [0.15, 0.2) is 0 Å². The van der Waals surface area contributed by atoms with Crippen molar-refractivity contribution >= 4 is 5.97 Å². The third-order valence-corrected chi connectivity index (χ3v) is 2.66. The third-order valence-electron chi connectivity index (χ3n) is 2.66. The molecule has 0 saturated heterocycles. The second-order valence-electron chi connectivity index (χ2n) is 3.69. The van der Waals surface area contributed by atoms with E-state index in [4.69, 9.17) is 5.11 Å². The van der Waals surface area contributed by atoms with Gasteiger partial charge in [-0.2, -0.15) is 0 Å². The van der Waals surface area contributed by atoms with Crippen LogP contribution in [0.15, 0.2) is 36.8 Å². The van der Waals surface area contributed by atoms with Gasteiger partial charge in [-0.25, -0.2) is 14.2 Å². The summed E-state index contributed by atoms with van der Waals surface area (Å²) in [5, 5.41) is 8.97. The topological polar surface area (TPSA) is 55.1 Å². The summed E-state index contributed by atoms with van der Waals surface area (Å²) in [5.74, 6) is -1.43. The fourth-order valence-corrected chi connectivity index (χ4v) is 1.74. The van der Waals surface area contributed by atoms with E-state index < -0.39 is 12.0 Å². The van der Waals surface area contributed by atoms with Gasteiger partial charge in [0, 0.05) is 5.56 Å². The molecular weight excluding hydrogens is 223 g/mol. The van der Waals surface area contributed by atoms with Crippen LogP contribution in [0.25, 0.3) is 0 Å². The maximum absolute atomic E-state index is 13.6. The molecule has 1 aromatic heterocycles. The van der Waals surface area contributed by atoms with Crippen molar-refractivity contribution in [2.24, 2.45) is 0 Å². The summed E-state index contributed by atoms with van der Waals surface area (Å²) in [6, 6.07) is 5.88. The van der Waals surface area contributed by atoms with Gasteiger partial charge in [-0.05, 0) is 13.0 Å². The zero-order chi connectivity index (χ0) is 12.4. The Hall–Kier alpha value is -2.17. The number of aromatic nitrogens is 2. The quantitative estimate of drug-likeness (QED) is 0.886. The van der Waals surface area contributed by atoms with Crippen molar-refractivity contribution in [2.75, 3.05) is 0 Å².